The van der Waals surface area contributed by atoms with Crippen molar-refractivity contribution in [1.82, 2.24) is 5.32 Å². The van der Waals surface area contributed by atoms with E-state index in [9.17, 15) is 0 Å². The molecule has 3 atom stereocenters. The van der Waals surface area contributed by atoms with Crippen LogP contribution in [0.25, 0.3) is 0 Å². The first-order valence-corrected chi connectivity index (χ1v) is 4.61. The Bertz CT molecular complexity index is 106. The first-order valence-electron chi connectivity index (χ1n) is 4.61. The number of piperidine rings is 1. The van der Waals surface area contributed by atoms with Gasteiger partial charge < -0.3 is 5.32 Å². The van der Waals surface area contributed by atoms with E-state index in [-0.39, 0.29) is 32.7 Å². The summed E-state index contributed by atoms with van der Waals surface area (Å²) in [7, 11) is 0. The summed E-state index contributed by atoms with van der Waals surface area (Å²) >= 11 is 0. The van der Waals surface area contributed by atoms with Crippen LogP contribution in [0.3, 0.4) is 0 Å². The number of hydrogen-bond acceptors (Lipinski definition) is 1. The topological polar surface area (TPSA) is 12.0 Å². The van der Waals surface area contributed by atoms with Gasteiger partial charge in [0.05, 0.1) is 0 Å². The molecule has 0 aromatic heterocycles. The van der Waals surface area contributed by atoms with Crippen molar-refractivity contribution in [2.75, 3.05) is 6.54 Å². The van der Waals surface area contributed by atoms with Crippen molar-refractivity contribution in [2.24, 2.45) is 11.8 Å². The molecule has 1 saturated carbocycles. The molecule has 1 radical (unpaired) electrons. The fourth-order valence-electron chi connectivity index (χ4n) is 1.86. The van der Waals surface area contributed by atoms with Gasteiger partial charge in [0, 0.05) is 38.8 Å². The summed E-state index contributed by atoms with van der Waals surface area (Å²) in [5, 5.41) is 3.47. The van der Waals surface area contributed by atoms with Gasteiger partial charge in [0.1, 0.15) is 0 Å². The zero-order chi connectivity index (χ0) is 7.56. The van der Waals surface area contributed by atoms with Gasteiger partial charge in [-0.25, -0.2) is 0 Å². The number of hydrogen-bond donors (Lipinski definition) is 1. The van der Waals surface area contributed by atoms with E-state index in [1.165, 1.54) is 19.4 Å². The summed E-state index contributed by atoms with van der Waals surface area (Å²) < 4.78 is 0. The van der Waals surface area contributed by atoms with Crippen molar-refractivity contribution >= 4 is 0 Å². The Labute approximate surface area is 95.6 Å². The Balaban J connectivity index is 0.000000311. The van der Waals surface area contributed by atoms with E-state index in [4.69, 9.17) is 0 Å². The molecule has 1 N–H and O–H groups in total. The van der Waals surface area contributed by atoms with E-state index in [0.717, 1.165) is 17.9 Å². The molecule has 1 aliphatic carbocycles. The Morgan fingerprint density at radius 2 is 1.91 bits per heavy atom. The van der Waals surface area contributed by atoms with E-state index >= 15 is 0 Å². The standard InChI is InChI=1S/C7H13N.C2H6.Y/c1-5-7-4-6(7)2-3-8-5;1-2;/h5-8H,2-4H2,1H3;1-2H3;. The third-order valence-electron chi connectivity index (χ3n) is 2.60. The average molecular weight is 230 g/mol. The van der Waals surface area contributed by atoms with Crippen LogP contribution in [0.15, 0.2) is 0 Å². The molecule has 0 aromatic rings. The summed E-state index contributed by atoms with van der Waals surface area (Å²) in [6, 6.07) is 0.828. The average Bonchev–Trinajstić information content (AvgIpc) is 2.72. The van der Waals surface area contributed by atoms with Crippen LogP contribution >= 0.6 is 0 Å². The van der Waals surface area contributed by atoms with E-state index in [0.29, 0.717) is 0 Å². The van der Waals surface area contributed by atoms with Gasteiger partial charge in [-0.1, -0.05) is 13.8 Å². The Morgan fingerprint density at radius 1 is 1.27 bits per heavy atom. The maximum Gasteiger partial charge on any atom is 0.00697 e. The molecule has 2 aliphatic rings. The molecule has 2 heteroatoms. The van der Waals surface area contributed by atoms with Gasteiger partial charge in [-0.2, -0.15) is 0 Å². The van der Waals surface area contributed by atoms with Crippen LogP contribution in [0.1, 0.15) is 33.6 Å². The van der Waals surface area contributed by atoms with Crippen LogP contribution < -0.4 is 5.32 Å². The second-order valence-electron chi connectivity index (χ2n) is 3.19. The third kappa shape index (κ3) is 3.12. The zero-order valence-corrected chi connectivity index (χ0v) is 10.8. The van der Waals surface area contributed by atoms with Gasteiger partial charge in [-0.15, -0.1) is 0 Å². The van der Waals surface area contributed by atoms with Gasteiger partial charge >= 0.3 is 0 Å². The molecule has 2 rings (SSSR count). The number of fused-ring (bicyclic) bond motifs is 1. The molecular formula is C9H19NY. The summed E-state index contributed by atoms with van der Waals surface area (Å²) in [6.45, 7) is 7.58. The molecule has 0 aromatic carbocycles. The van der Waals surface area contributed by atoms with Crippen molar-refractivity contribution in [3.8, 4) is 0 Å². The summed E-state index contributed by atoms with van der Waals surface area (Å²) in [4.78, 5) is 0. The minimum absolute atomic E-state index is 0. The summed E-state index contributed by atoms with van der Waals surface area (Å²) in [6.07, 6.45) is 2.95. The Kier molecular flexibility index (Phi) is 6.21. The molecule has 1 aliphatic heterocycles. The van der Waals surface area contributed by atoms with Crippen molar-refractivity contribution in [2.45, 2.75) is 39.7 Å². The number of rotatable bonds is 0. The SMILES string of the molecule is CC.CC1NCCC2CC21.[Y]. The molecule has 2 fully saturated rings. The van der Waals surface area contributed by atoms with Crippen LogP contribution in [-0.2, 0) is 32.7 Å². The Hall–Kier alpha value is 1.06. The third-order valence-corrected chi connectivity index (χ3v) is 2.60. The second-order valence-corrected chi connectivity index (χ2v) is 3.19. The van der Waals surface area contributed by atoms with Crippen LogP contribution in [0.5, 0.6) is 0 Å². The molecule has 0 amide bonds. The predicted octanol–water partition coefficient (Wildman–Crippen LogP) is 2.03. The first-order chi connectivity index (χ1) is 4.88. The molecule has 63 valence electrons. The van der Waals surface area contributed by atoms with Crippen LogP contribution in [0.2, 0.25) is 0 Å². The minimum atomic E-state index is 0. The normalized spacial score (nSPS) is 39.0. The van der Waals surface area contributed by atoms with E-state index in [2.05, 4.69) is 12.2 Å². The maximum atomic E-state index is 3.47. The Morgan fingerprint density at radius 3 is 2.36 bits per heavy atom. The van der Waals surface area contributed by atoms with Crippen LogP contribution in [0, 0.1) is 11.8 Å². The quantitative estimate of drug-likeness (QED) is 0.671. The second kappa shape index (κ2) is 5.67. The number of nitrogens with one attached hydrogen (secondary N) is 1. The molecular weight excluding hydrogens is 211 g/mol. The summed E-state index contributed by atoms with van der Waals surface area (Å²) in [5.74, 6) is 2.18. The van der Waals surface area contributed by atoms with Crippen molar-refractivity contribution in [3.63, 3.8) is 0 Å². The van der Waals surface area contributed by atoms with Crippen molar-refractivity contribution < 1.29 is 32.7 Å². The molecule has 1 saturated heterocycles. The molecule has 3 unspecified atom stereocenters. The van der Waals surface area contributed by atoms with Crippen LogP contribution in [-0.4, -0.2) is 12.6 Å². The first kappa shape index (κ1) is 12.1. The monoisotopic (exact) mass is 230 g/mol. The molecule has 1 nitrogen and oxygen atoms in total. The van der Waals surface area contributed by atoms with E-state index in [1.54, 1.807) is 0 Å². The fraction of sp³-hybridized carbons (Fsp3) is 1.00. The van der Waals surface area contributed by atoms with Gasteiger partial charge in [0.2, 0.25) is 0 Å². The van der Waals surface area contributed by atoms with Crippen molar-refractivity contribution in [3.05, 3.63) is 0 Å². The molecule has 0 bridgehead atoms. The van der Waals surface area contributed by atoms with Crippen LogP contribution in [0.4, 0.5) is 0 Å². The van der Waals surface area contributed by atoms with Gasteiger partial charge in [-0.05, 0) is 38.1 Å². The maximum absolute atomic E-state index is 3.47. The van der Waals surface area contributed by atoms with Gasteiger partial charge in [0.25, 0.3) is 0 Å². The van der Waals surface area contributed by atoms with Crippen molar-refractivity contribution in [1.29, 1.82) is 0 Å². The van der Waals surface area contributed by atoms with Gasteiger partial charge in [0.15, 0.2) is 0 Å². The van der Waals surface area contributed by atoms with E-state index in [1.807, 2.05) is 13.8 Å². The molecule has 0 spiro atoms. The fourth-order valence-corrected chi connectivity index (χ4v) is 1.86. The zero-order valence-electron chi connectivity index (χ0n) is 7.93. The van der Waals surface area contributed by atoms with Gasteiger partial charge in [-0.3, -0.25) is 0 Å². The predicted molar refractivity (Wildman–Crippen MR) is 45.0 cm³/mol. The molecule has 1 heterocycles. The largest absolute Gasteiger partial charge is 0.314 e. The smallest absolute Gasteiger partial charge is 0.00697 e. The van der Waals surface area contributed by atoms with E-state index < -0.39 is 0 Å². The molecule has 11 heavy (non-hydrogen) atoms. The summed E-state index contributed by atoms with van der Waals surface area (Å²) in [5.41, 5.74) is 0. The minimum Gasteiger partial charge on any atom is -0.314 e.